The van der Waals surface area contributed by atoms with Gasteiger partial charge in [0.1, 0.15) is 0 Å². The lowest BCUT2D eigenvalue weighted by atomic mass is 10.2. The third-order valence-corrected chi connectivity index (χ3v) is 2.26. The molecule has 0 aromatic carbocycles. The maximum Gasteiger partial charge on any atom is 0.333 e. The smallest absolute Gasteiger partial charge is 0.333 e. The lowest BCUT2D eigenvalue weighted by molar-refractivity contribution is -0.141. The van der Waals surface area contributed by atoms with Crippen molar-refractivity contribution in [3.8, 4) is 0 Å². The van der Waals surface area contributed by atoms with E-state index in [1.165, 1.54) is 0 Å². The Morgan fingerprint density at radius 3 is 2.29 bits per heavy atom. The van der Waals surface area contributed by atoms with E-state index in [1.807, 2.05) is 0 Å². The van der Waals surface area contributed by atoms with Crippen molar-refractivity contribution in [3.05, 3.63) is 24.8 Å². The first-order valence-corrected chi connectivity index (χ1v) is 6.44. The summed E-state index contributed by atoms with van der Waals surface area (Å²) in [7, 11) is 0. The van der Waals surface area contributed by atoms with Crippen LogP contribution in [0.4, 0.5) is 0 Å². The normalized spacial score (nSPS) is 9.47. The number of unbranched alkanes of at least 4 members (excludes halogenated alkanes) is 1. The molecule has 0 N–H and O–H groups in total. The third-order valence-electron chi connectivity index (χ3n) is 1.87. The van der Waals surface area contributed by atoms with E-state index in [2.05, 4.69) is 29.1 Å². The lowest BCUT2D eigenvalue weighted by Crippen LogP contribution is -2.09. The Labute approximate surface area is 110 Å². The van der Waals surface area contributed by atoms with Crippen LogP contribution in [0.15, 0.2) is 24.8 Å². The molecule has 0 atom stereocenters. The molecule has 17 heavy (non-hydrogen) atoms. The van der Waals surface area contributed by atoms with Crippen LogP contribution in [0.5, 0.6) is 0 Å². The molecule has 0 amide bonds. The highest BCUT2D eigenvalue weighted by Crippen LogP contribution is 2.04. The van der Waals surface area contributed by atoms with Crippen molar-refractivity contribution in [2.24, 2.45) is 0 Å². The standard InChI is InChI=1S/C12H17BrO4/c1-3-11(14)16-8-4-5-9-17-12(15)10(2)6-7-13/h3H,1-2,4-9H2. The van der Waals surface area contributed by atoms with E-state index in [9.17, 15) is 9.59 Å². The Morgan fingerprint density at radius 1 is 1.18 bits per heavy atom. The van der Waals surface area contributed by atoms with Crippen molar-refractivity contribution in [2.75, 3.05) is 18.5 Å². The number of esters is 2. The molecular weight excluding hydrogens is 288 g/mol. The van der Waals surface area contributed by atoms with Crippen molar-refractivity contribution in [3.63, 3.8) is 0 Å². The number of halogens is 1. The maximum absolute atomic E-state index is 11.3. The molecule has 0 rings (SSSR count). The number of carbonyl (C=O) groups is 2. The molecule has 5 heteroatoms. The molecular formula is C12H17BrO4. The summed E-state index contributed by atoms with van der Waals surface area (Å²) in [4.78, 5) is 22.0. The number of hydrogen-bond donors (Lipinski definition) is 0. The van der Waals surface area contributed by atoms with E-state index in [-0.39, 0.29) is 5.97 Å². The third kappa shape index (κ3) is 8.68. The van der Waals surface area contributed by atoms with Crippen molar-refractivity contribution in [1.29, 1.82) is 0 Å². The summed E-state index contributed by atoms with van der Waals surface area (Å²) in [6.45, 7) is 7.51. The second-order valence-corrected chi connectivity index (χ2v) is 4.05. The fourth-order valence-electron chi connectivity index (χ4n) is 0.919. The van der Waals surface area contributed by atoms with Gasteiger partial charge in [0.15, 0.2) is 0 Å². The summed E-state index contributed by atoms with van der Waals surface area (Å²) < 4.78 is 9.73. The Balaban J connectivity index is 3.45. The van der Waals surface area contributed by atoms with Gasteiger partial charge in [0, 0.05) is 17.0 Å². The molecule has 0 aliphatic heterocycles. The minimum atomic E-state index is -0.437. The summed E-state index contributed by atoms with van der Waals surface area (Å²) in [6.07, 6.45) is 3.00. The maximum atomic E-state index is 11.3. The van der Waals surface area contributed by atoms with Crippen LogP contribution in [0, 0.1) is 0 Å². The Morgan fingerprint density at radius 2 is 1.76 bits per heavy atom. The van der Waals surface area contributed by atoms with E-state index in [0.29, 0.717) is 43.4 Å². The van der Waals surface area contributed by atoms with Crippen molar-refractivity contribution in [2.45, 2.75) is 19.3 Å². The average molecular weight is 305 g/mol. The zero-order chi connectivity index (χ0) is 13.1. The van der Waals surface area contributed by atoms with Crippen LogP contribution in [0.1, 0.15) is 19.3 Å². The van der Waals surface area contributed by atoms with Crippen LogP contribution in [-0.2, 0) is 19.1 Å². The molecule has 0 fully saturated rings. The fourth-order valence-corrected chi connectivity index (χ4v) is 1.40. The van der Waals surface area contributed by atoms with Crippen LogP contribution >= 0.6 is 15.9 Å². The van der Waals surface area contributed by atoms with Crippen molar-refractivity contribution >= 4 is 27.9 Å². The summed E-state index contributed by atoms with van der Waals surface area (Å²) in [5, 5.41) is 0.693. The predicted octanol–water partition coefficient (Wildman–Crippen LogP) is 2.38. The number of hydrogen-bond acceptors (Lipinski definition) is 4. The number of rotatable bonds is 9. The summed E-state index contributed by atoms with van der Waals surface area (Å²) in [5.41, 5.74) is 0.458. The first-order valence-electron chi connectivity index (χ1n) is 5.32. The van der Waals surface area contributed by atoms with Crippen LogP contribution in [0.25, 0.3) is 0 Å². The fraction of sp³-hybridized carbons (Fsp3) is 0.500. The lowest BCUT2D eigenvalue weighted by Gasteiger charge is -2.06. The largest absolute Gasteiger partial charge is 0.463 e. The van der Waals surface area contributed by atoms with Gasteiger partial charge in [-0.05, 0) is 19.3 Å². The topological polar surface area (TPSA) is 52.6 Å². The van der Waals surface area contributed by atoms with E-state index >= 15 is 0 Å². The molecule has 0 saturated heterocycles. The summed E-state index contributed by atoms with van der Waals surface area (Å²) in [5.74, 6) is -0.805. The highest BCUT2D eigenvalue weighted by Gasteiger charge is 2.06. The van der Waals surface area contributed by atoms with E-state index < -0.39 is 5.97 Å². The second-order valence-electron chi connectivity index (χ2n) is 3.26. The SMILES string of the molecule is C=CC(=O)OCCCCOC(=O)C(=C)CCBr. The number of ether oxygens (including phenoxy) is 2. The highest BCUT2D eigenvalue weighted by molar-refractivity contribution is 9.09. The van der Waals surface area contributed by atoms with Gasteiger partial charge >= 0.3 is 11.9 Å². The van der Waals surface area contributed by atoms with Crippen LogP contribution in [0.3, 0.4) is 0 Å². The first kappa shape index (κ1) is 15.9. The Kier molecular flexibility index (Phi) is 9.43. The zero-order valence-corrected chi connectivity index (χ0v) is 11.3. The monoisotopic (exact) mass is 304 g/mol. The van der Waals surface area contributed by atoms with Crippen molar-refractivity contribution < 1.29 is 19.1 Å². The highest BCUT2D eigenvalue weighted by atomic mass is 79.9. The van der Waals surface area contributed by atoms with Crippen LogP contribution in [-0.4, -0.2) is 30.5 Å². The molecule has 0 heterocycles. The summed E-state index contributed by atoms with van der Waals surface area (Å²) >= 11 is 3.22. The van der Waals surface area contributed by atoms with Gasteiger partial charge in [0.25, 0.3) is 0 Å². The van der Waals surface area contributed by atoms with E-state index in [1.54, 1.807) is 0 Å². The van der Waals surface area contributed by atoms with Gasteiger partial charge in [0.2, 0.25) is 0 Å². The van der Waals surface area contributed by atoms with E-state index in [0.717, 1.165) is 6.08 Å². The zero-order valence-electron chi connectivity index (χ0n) is 9.75. The van der Waals surface area contributed by atoms with Gasteiger partial charge in [0.05, 0.1) is 13.2 Å². The summed E-state index contributed by atoms with van der Waals surface area (Å²) in [6, 6.07) is 0. The molecule has 4 nitrogen and oxygen atoms in total. The van der Waals surface area contributed by atoms with Gasteiger partial charge in [-0.15, -0.1) is 0 Å². The van der Waals surface area contributed by atoms with Crippen LogP contribution < -0.4 is 0 Å². The number of alkyl halides is 1. The molecule has 0 radical (unpaired) electrons. The first-order chi connectivity index (χ1) is 8.11. The van der Waals surface area contributed by atoms with Crippen LogP contribution in [0.2, 0.25) is 0 Å². The van der Waals surface area contributed by atoms with E-state index in [4.69, 9.17) is 9.47 Å². The van der Waals surface area contributed by atoms with Gasteiger partial charge < -0.3 is 9.47 Å². The second kappa shape index (κ2) is 10.1. The molecule has 0 aliphatic rings. The quantitative estimate of drug-likeness (QED) is 0.284. The average Bonchev–Trinajstić information content (AvgIpc) is 2.33. The van der Waals surface area contributed by atoms with Crippen molar-refractivity contribution in [1.82, 2.24) is 0 Å². The van der Waals surface area contributed by atoms with Gasteiger partial charge in [-0.3, -0.25) is 0 Å². The Bertz CT molecular complexity index is 286. The van der Waals surface area contributed by atoms with Gasteiger partial charge in [-0.1, -0.05) is 29.1 Å². The van der Waals surface area contributed by atoms with Gasteiger partial charge in [-0.25, -0.2) is 9.59 Å². The molecule has 0 unspecified atom stereocenters. The Hall–Kier alpha value is -1.10. The molecule has 0 aromatic rings. The predicted molar refractivity (Wildman–Crippen MR) is 68.9 cm³/mol. The van der Waals surface area contributed by atoms with Gasteiger partial charge in [-0.2, -0.15) is 0 Å². The molecule has 0 aliphatic carbocycles. The number of carbonyl (C=O) groups excluding carboxylic acids is 2. The molecule has 0 bridgehead atoms. The minimum Gasteiger partial charge on any atom is -0.463 e. The molecule has 0 saturated carbocycles. The molecule has 0 aromatic heterocycles. The molecule has 96 valence electrons. The molecule has 0 spiro atoms. The minimum absolute atomic E-state index is 0.310.